The molecule has 2 saturated heterocycles. The number of fused-ring (bicyclic) bond motifs is 1. The molecule has 0 aromatic heterocycles. The van der Waals surface area contributed by atoms with Crippen LogP contribution in [0.15, 0.2) is 0 Å². The Bertz CT molecular complexity index is 239. The lowest BCUT2D eigenvalue weighted by Gasteiger charge is -2.45. The van der Waals surface area contributed by atoms with Crippen molar-refractivity contribution in [2.75, 3.05) is 13.2 Å². The van der Waals surface area contributed by atoms with Gasteiger partial charge in [-0.05, 0) is 31.6 Å². The summed E-state index contributed by atoms with van der Waals surface area (Å²) in [6, 6.07) is 0. The molecule has 2 nitrogen and oxygen atoms in total. The summed E-state index contributed by atoms with van der Waals surface area (Å²) in [7, 11) is 0. The minimum atomic E-state index is -0.258. The highest BCUT2D eigenvalue weighted by atomic mass is 16.7. The van der Waals surface area contributed by atoms with Crippen LogP contribution in [0.5, 0.6) is 0 Å². The highest BCUT2D eigenvalue weighted by molar-refractivity contribution is 5.01. The van der Waals surface area contributed by atoms with E-state index in [1.54, 1.807) is 0 Å². The molecule has 0 spiro atoms. The van der Waals surface area contributed by atoms with Gasteiger partial charge in [-0.15, -0.1) is 0 Å². The van der Waals surface area contributed by atoms with Gasteiger partial charge in [0.05, 0.1) is 13.2 Å². The van der Waals surface area contributed by atoms with E-state index in [0.29, 0.717) is 11.8 Å². The first-order chi connectivity index (χ1) is 7.54. The molecule has 0 amide bonds. The molecule has 1 unspecified atom stereocenters. The largest absolute Gasteiger partial charge is 0.349 e. The molecular weight excluding hydrogens is 200 g/mol. The molecule has 0 radical (unpaired) electrons. The summed E-state index contributed by atoms with van der Waals surface area (Å²) in [6.45, 7) is 11.0. The standard InChI is InChI=1S/C14H26O2/c1-5-13(4,10-11(2)3)14-12(6-8-15-14)7-9-16-14/h11-12H,5-10H2,1-4H3. The van der Waals surface area contributed by atoms with E-state index in [-0.39, 0.29) is 11.2 Å². The van der Waals surface area contributed by atoms with Gasteiger partial charge in [-0.25, -0.2) is 0 Å². The molecule has 0 aromatic carbocycles. The monoisotopic (exact) mass is 226 g/mol. The van der Waals surface area contributed by atoms with E-state index in [1.165, 1.54) is 19.3 Å². The smallest absolute Gasteiger partial charge is 0.176 e. The topological polar surface area (TPSA) is 18.5 Å². The lowest BCUT2D eigenvalue weighted by atomic mass is 9.68. The molecule has 94 valence electrons. The molecule has 0 bridgehead atoms. The van der Waals surface area contributed by atoms with Crippen LogP contribution in [0.2, 0.25) is 0 Å². The zero-order valence-electron chi connectivity index (χ0n) is 11.2. The van der Waals surface area contributed by atoms with E-state index < -0.39 is 0 Å². The third-order valence-electron chi connectivity index (χ3n) is 4.58. The van der Waals surface area contributed by atoms with Gasteiger partial charge in [0.25, 0.3) is 0 Å². The quantitative estimate of drug-likeness (QED) is 0.729. The first-order valence-corrected chi connectivity index (χ1v) is 6.82. The second kappa shape index (κ2) is 4.30. The van der Waals surface area contributed by atoms with E-state index in [9.17, 15) is 0 Å². The molecule has 0 aromatic rings. The van der Waals surface area contributed by atoms with E-state index in [4.69, 9.17) is 9.47 Å². The molecule has 2 aliphatic heterocycles. The summed E-state index contributed by atoms with van der Waals surface area (Å²) in [6.07, 6.45) is 4.71. The third kappa shape index (κ3) is 1.70. The third-order valence-corrected chi connectivity index (χ3v) is 4.58. The SMILES string of the molecule is CCC(C)(CC(C)C)C12OCCC1CCO2. The van der Waals surface area contributed by atoms with Crippen molar-refractivity contribution in [2.45, 2.75) is 59.2 Å². The fourth-order valence-electron chi connectivity index (χ4n) is 3.78. The van der Waals surface area contributed by atoms with Gasteiger partial charge in [0, 0.05) is 11.3 Å². The molecule has 16 heavy (non-hydrogen) atoms. The highest BCUT2D eigenvalue weighted by Crippen LogP contribution is 2.55. The lowest BCUT2D eigenvalue weighted by molar-refractivity contribution is -0.268. The van der Waals surface area contributed by atoms with Crippen LogP contribution in [0, 0.1) is 17.3 Å². The van der Waals surface area contributed by atoms with Crippen LogP contribution in [0.4, 0.5) is 0 Å². The Morgan fingerprint density at radius 2 is 1.81 bits per heavy atom. The average molecular weight is 226 g/mol. The summed E-state index contributed by atoms with van der Waals surface area (Å²) in [5, 5.41) is 0. The van der Waals surface area contributed by atoms with Gasteiger partial charge >= 0.3 is 0 Å². The maximum absolute atomic E-state index is 6.10. The Kier molecular flexibility index (Phi) is 3.33. The van der Waals surface area contributed by atoms with Gasteiger partial charge in [-0.2, -0.15) is 0 Å². The van der Waals surface area contributed by atoms with Crippen LogP contribution in [0.3, 0.4) is 0 Å². The molecule has 0 aliphatic carbocycles. The number of hydrogen-bond donors (Lipinski definition) is 0. The highest BCUT2D eigenvalue weighted by Gasteiger charge is 2.59. The van der Waals surface area contributed by atoms with Crippen LogP contribution >= 0.6 is 0 Å². The first kappa shape index (κ1) is 12.4. The zero-order chi connectivity index (χ0) is 11.8. The first-order valence-electron chi connectivity index (χ1n) is 6.82. The molecule has 1 atom stereocenters. The maximum Gasteiger partial charge on any atom is 0.176 e. The Labute approximate surface area is 99.7 Å². The van der Waals surface area contributed by atoms with E-state index >= 15 is 0 Å². The van der Waals surface area contributed by atoms with Crippen LogP contribution in [-0.4, -0.2) is 19.0 Å². The molecule has 2 aliphatic rings. The van der Waals surface area contributed by atoms with Gasteiger partial charge in [-0.3, -0.25) is 0 Å². The van der Waals surface area contributed by atoms with Crippen LogP contribution < -0.4 is 0 Å². The van der Waals surface area contributed by atoms with Crippen molar-refractivity contribution in [1.29, 1.82) is 0 Å². The fraction of sp³-hybridized carbons (Fsp3) is 1.00. The Morgan fingerprint density at radius 1 is 1.25 bits per heavy atom. The summed E-state index contributed by atoms with van der Waals surface area (Å²) in [5.41, 5.74) is 0.179. The normalized spacial score (nSPS) is 37.7. The number of ether oxygens (including phenoxy) is 2. The molecule has 2 heteroatoms. The van der Waals surface area contributed by atoms with Gasteiger partial charge in [-0.1, -0.05) is 27.7 Å². The van der Waals surface area contributed by atoms with Crippen molar-refractivity contribution in [3.63, 3.8) is 0 Å². The van der Waals surface area contributed by atoms with E-state index in [1.807, 2.05) is 0 Å². The summed E-state index contributed by atoms with van der Waals surface area (Å²) in [5.74, 6) is 1.08. The molecule has 0 N–H and O–H groups in total. The molecular formula is C14H26O2. The summed E-state index contributed by atoms with van der Waals surface area (Å²) >= 11 is 0. The fourth-order valence-corrected chi connectivity index (χ4v) is 3.78. The van der Waals surface area contributed by atoms with Gasteiger partial charge < -0.3 is 9.47 Å². The number of rotatable bonds is 4. The van der Waals surface area contributed by atoms with Gasteiger partial charge in [0.15, 0.2) is 5.79 Å². The minimum Gasteiger partial charge on any atom is -0.349 e. The van der Waals surface area contributed by atoms with Crippen LogP contribution in [0.25, 0.3) is 0 Å². The molecule has 0 saturated carbocycles. The van der Waals surface area contributed by atoms with Crippen LogP contribution in [-0.2, 0) is 9.47 Å². The summed E-state index contributed by atoms with van der Waals surface area (Å²) in [4.78, 5) is 0. The predicted octanol–water partition coefficient (Wildman–Crippen LogP) is 3.60. The molecule has 2 rings (SSSR count). The van der Waals surface area contributed by atoms with Crippen LogP contribution in [0.1, 0.15) is 53.4 Å². The second-order valence-electron chi connectivity index (χ2n) is 6.15. The Morgan fingerprint density at radius 3 is 2.25 bits per heavy atom. The van der Waals surface area contributed by atoms with E-state index in [2.05, 4.69) is 27.7 Å². The Balaban J connectivity index is 2.24. The minimum absolute atomic E-state index is 0.179. The zero-order valence-corrected chi connectivity index (χ0v) is 11.2. The van der Waals surface area contributed by atoms with Crippen molar-refractivity contribution in [3.05, 3.63) is 0 Å². The van der Waals surface area contributed by atoms with Crippen molar-refractivity contribution in [1.82, 2.24) is 0 Å². The number of hydrogen-bond acceptors (Lipinski definition) is 2. The molecule has 2 heterocycles. The summed E-state index contributed by atoms with van der Waals surface area (Å²) < 4.78 is 12.2. The van der Waals surface area contributed by atoms with Crippen molar-refractivity contribution < 1.29 is 9.47 Å². The van der Waals surface area contributed by atoms with Gasteiger partial charge in [0.1, 0.15) is 0 Å². The second-order valence-corrected chi connectivity index (χ2v) is 6.15. The molecule has 2 fully saturated rings. The predicted molar refractivity (Wildman–Crippen MR) is 65.2 cm³/mol. The maximum atomic E-state index is 6.10. The Hall–Kier alpha value is -0.0800. The van der Waals surface area contributed by atoms with Gasteiger partial charge in [0.2, 0.25) is 0 Å². The average Bonchev–Trinajstić information content (AvgIpc) is 2.74. The van der Waals surface area contributed by atoms with E-state index in [0.717, 1.165) is 19.6 Å². The lowest BCUT2D eigenvalue weighted by Crippen LogP contribution is -2.50. The van der Waals surface area contributed by atoms with Crippen molar-refractivity contribution in [3.8, 4) is 0 Å². The van der Waals surface area contributed by atoms with Crippen molar-refractivity contribution in [2.24, 2.45) is 17.3 Å². The van der Waals surface area contributed by atoms with Crippen molar-refractivity contribution >= 4 is 0 Å².